The van der Waals surface area contributed by atoms with Crippen LogP contribution in [0, 0.1) is 18.3 Å². The van der Waals surface area contributed by atoms with E-state index in [0.717, 1.165) is 5.56 Å². The zero-order valence-electron chi connectivity index (χ0n) is 16.8. The van der Waals surface area contributed by atoms with Gasteiger partial charge in [0.05, 0.1) is 7.11 Å². The second kappa shape index (κ2) is 11.1. The number of hydrogen-bond donors (Lipinski definition) is 1. The molecular weight excluding hydrogens is 384 g/mol. The topological polar surface area (TPSA) is 97.7 Å². The maximum atomic E-state index is 12.1. The van der Waals surface area contributed by atoms with E-state index >= 15 is 0 Å². The Morgan fingerprint density at radius 1 is 1.20 bits per heavy atom. The van der Waals surface area contributed by atoms with Crippen molar-refractivity contribution in [2.75, 3.05) is 20.3 Å². The molecule has 7 nitrogen and oxygen atoms in total. The van der Waals surface area contributed by atoms with Gasteiger partial charge in [0.25, 0.3) is 5.91 Å². The van der Waals surface area contributed by atoms with Crippen LogP contribution in [0.5, 0.6) is 17.2 Å². The van der Waals surface area contributed by atoms with Gasteiger partial charge in [-0.1, -0.05) is 24.3 Å². The molecule has 2 rings (SSSR count). The first-order valence-corrected chi connectivity index (χ1v) is 9.06. The standard InChI is InChI=1S/C23H22N2O5/c1-4-10-25-23(27)18(14-24)12-17-8-9-20(21(13-17)28-3)30-22(26)15-29-19-7-5-6-16(2)11-19/h4-9,11-13H,1,10,15H2,2-3H3,(H,25,27)/b18-12+. The third kappa shape index (κ3) is 6.53. The SMILES string of the molecule is C=CCNC(=O)/C(C#N)=C/c1ccc(OC(=O)COc2cccc(C)c2)c(OC)c1. The lowest BCUT2D eigenvalue weighted by atomic mass is 10.1. The molecule has 0 fully saturated rings. The summed E-state index contributed by atoms with van der Waals surface area (Å²) in [6.45, 7) is 5.41. The van der Waals surface area contributed by atoms with Crippen molar-refractivity contribution in [2.24, 2.45) is 0 Å². The molecular formula is C23H22N2O5. The number of amides is 1. The van der Waals surface area contributed by atoms with Crippen molar-refractivity contribution in [1.82, 2.24) is 5.32 Å². The van der Waals surface area contributed by atoms with Crippen molar-refractivity contribution >= 4 is 18.0 Å². The van der Waals surface area contributed by atoms with Gasteiger partial charge in [-0.05, 0) is 48.4 Å². The summed E-state index contributed by atoms with van der Waals surface area (Å²) in [4.78, 5) is 24.1. The van der Waals surface area contributed by atoms with Gasteiger partial charge in [0.2, 0.25) is 0 Å². The Hall–Kier alpha value is -4.05. The lowest BCUT2D eigenvalue weighted by Gasteiger charge is -2.11. The molecule has 0 unspecified atom stereocenters. The molecule has 2 aromatic carbocycles. The van der Waals surface area contributed by atoms with Crippen molar-refractivity contribution < 1.29 is 23.8 Å². The molecule has 0 bridgehead atoms. The van der Waals surface area contributed by atoms with Crippen LogP contribution in [0.4, 0.5) is 0 Å². The third-order valence-electron chi connectivity index (χ3n) is 3.84. The minimum atomic E-state index is -0.598. The third-order valence-corrected chi connectivity index (χ3v) is 3.84. The van der Waals surface area contributed by atoms with E-state index in [9.17, 15) is 14.9 Å². The van der Waals surface area contributed by atoms with Crippen LogP contribution >= 0.6 is 0 Å². The Balaban J connectivity index is 2.08. The van der Waals surface area contributed by atoms with Crippen LogP contribution in [-0.4, -0.2) is 32.1 Å². The molecule has 0 aromatic heterocycles. The molecule has 0 aliphatic heterocycles. The number of rotatable bonds is 9. The normalized spacial score (nSPS) is 10.5. The predicted octanol–water partition coefficient (Wildman–Crippen LogP) is 3.20. The Labute approximate surface area is 175 Å². The van der Waals surface area contributed by atoms with E-state index in [4.69, 9.17) is 14.2 Å². The number of ether oxygens (including phenoxy) is 3. The Morgan fingerprint density at radius 2 is 2.00 bits per heavy atom. The highest BCUT2D eigenvalue weighted by atomic mass is 16.6. The predicted molar refractivity (Wildman–Crippen MR) is 112 cm³/mol. The van der Waals surface area contributed by atoms with Crippen molar-refractivity contribution in [1.29, 1.82) is 5.26 Å². The summed E-state index contributed by atoms with van der Waals surface area (Å²) in [5.74, 6) is -0.0727. The summed E-state index contributed by atoms with van der Waals surface area (Å²) in [6, 6.07) is 13.8. The summed E-state index contributed by atoms with van der Waals surface area (Å²) in [6.07, 6.45) is 2.93. The number of hydrogen-bond acceptors (Lipinski definition) is 6. The van der Waals surface area contributed by atoms with Crippen LogP contribution in [-0.2, 0) is 9.59 Å². The molecule has 2 aromatic rings. The average molecular weight is 406 g/mol. The Bertz CT molecular complexity index is 1000. The van der Waals surface area contributed by atoms with Gasteiger partial charge in [0.15, 0.2) is 18.1 Å². The first-order valence-electron chi connectivity index (χ1n) is 9.06. The number of nitriles is 1. The van der Waals surface area contributed by atoms with Crippen LogP contribution in [0.2, 0.25) is 0 Å². The summed E-state index contributed by atoms with van der Waals surface area (Å²) < 4.78 is 16.0. The van der Waals surface area contributed by atoms with Gasteiger partial charge in [0.1, 0.15) is 17.4 Å². The quantitative estimate of drug-likeness (QED) is 0.226. The Kier molecular flexibility index (Phi) is 8.21. The van der Waals surface area contributed by atoms with Gasteiger partial charge >= 0.3 is 5.97 Å². The zero-order valence-corrected chi connectivity index (χ0v) is 16.8. The van der Waals surface area contributed by atoms with Crippen LogP contribution in [0.15, 0.2) is 60.7 Å². The van der Waals surface area contributed by atoms with Crippen LogP contribution in [0.25, 0.3) is 6.08 Å². The van der Waals surface area contributed by atoms with Crippen molar-refractivity contribution in [3.05, 3.63) is 71.8 Å². The largest absolute Gasteiger partial charge is 0.493 e. The monoisotopic (exact) mass is 406 g/mol. The van der Waals surface area contributed by atoms with Crippen molar-refractivity contribution in [3.63, 3.8) is 0 Å². The van der Waals surface area contributed by atoms with E-state index in [1.165, 1.54) is 25.3 Å². The molecule has 30 heavy (non-hydrogen) atoms. The summed E-state index contributed by atoms with van der Waals surface area (Å²) in [7, 11) is 1.42. The molecule has 1 amide bonds. The van der Waals surface area contributed by atoms with Gasteiger partial charge < -0.3 is 19.5 Å². The highest BCUT2D eigenvalue weighted by molar-refractivity contribution is 6.01. The molecule has 1 N–H and O–H groups in total. The molecule has 0 spiro atoms. The second-order valence-corrected chi connectivity index (χ2v) is 6.16. The molecule has 0 atom stereocenters. The Morgan fingerprint density at radius 3 is 2.67 bits per heavy atom. The highest BCUT2D eigenvalue weighted by Gasteiger charge is 2.13. The second-order valence-electron chi connectivity index (χ2n) is 6.16. The van der Waals surface area contributed by atoms with Gasteiger partial charge in [0, 0.05) is 6.54 Å². The number of aryl methyl sites for hydroxylation is 1. The lowest BCUT2D eigenvalue weighted by molar-refractivity contribution is -0.136. The zero-order chi connectivity index (χ0) is 21.9. The minimum absolute atomic E-state index is 0.0739. The van der Waals surface area contributed by atoms with Gasteiger partial charge in [-0.3, -0.25) is 4.79 Å². The van der Waals surface area contributed by atoms with E-state index in [2.05, 4.69) is 11.9 Å². The minimum Gasteiger partial charge on any atom is -0.493 e. The number of esters is 1. The molecule has 7 heteroatoms. The number of carbonyl (C=O) groups is 2. The molecule has 0 heterocycles. The van der Waals surface area contributed by atoms with Crippen molar-refractivity contribution in [2.45, 2.75) is 6.92 Å². The number of benzene rings is 2. The van der Waals surface area contributed by atoms with Crippen LogP contribution in [0.1, 0.15) is 11.1 Å². The first-order chi connectivity index (χ1) is 14.5. The van der Waals surface area contributed by atoms with E-state index in [1.54, 1.807) is 18.2 Å². The molecule has 0 aliphatic rings. The van der Waals surface area contributed by atoms with Crippen LogP contribution < -0.4 is 19.5 Å². The van der Waals surface area contributed by atoms with Crippen molar-refractivity contribution in [3.8, 4) is 23.3 Å². The summed E-state index contributed by atoms with van der Waals surface area (Å²) >= 11 is 0. The summed E-state index contributed by atoms with van der Waals surface area (Å²) in [5, 5.41) is 11.7. The van der Waals surface area contributed by atoms with E-state index in [-0.39, 0.29) is 30.2 Å². The van der Waals surface area contributed by atoms with Gasteiger partial charge in [-0.25, -0.2) is 4.79 Å². The fourth-order valence-corrected chi connectivity index (χ4v) is 2.43. The maximum absolute atomic E-state index is 12.1. The maximum Gasteiger partial charge on any atom is 0.349 e. The first kappa shape index (κ1) is 22.2. The van der Waals surface area contributed by atoms with Crippen LogP contribution in [0.3, 0.4) is 0 Å². The van der Waals surface area contributed by atoms with Gasteiger partial charge in [-0.15, -0.1) is 6.58 Å². The molecule has 0 radical (unpaired) electrons. The van der Waals surface area contributed by atoms with E-state index in [1.807, 2.05) is 31.2 Å². The molecule has 154 valence electrons. The fourth-order valence-electron chi connectivity index (χ4n) is 2.43. The number of nitrogens with zero attached hydrogens (tertiary/aromatic N) is 1. The fraction of sp³-hybridized carbons (Fsp3) is 0.174. The smallest absolute Gasteiger partial charge is 0.349 e. The average Bonchev–Trinajstić information content (AvgIpc) is 2.75. The lowest BCUT2D eigenvalue weighted by Crippen LogP contribution is -2.24. The van der Waals surface area contributed by atoms with E-state index in [0.29, 0.717) is 11.3 Å². The molecule has 0 aliphatic carbocycles. The number of methoxy groups -OCH3 is 1. The molecule has 0 saturated carbocycles. The summed E-state index contributed by atoms with van der Waals surface area (Å²) in [5.41, 5.74) is 1.48. The number of nitrogens with one attached hydrogen (secondary N) is 1. The van der Waals surface area contributed by atoms with E-state index < -0.39 is 11.9 Å². The highest BCUT2D eigenvalue weighted by Crippen LogP contribution is 2.29. The van der Waals surface area contributed by atoms with Gasteiger partial charge in [-0.2, -0.15) is 5.26 Å². The molecule has 0 saturated heterocycles. The number of carbonyl (C=O) groups excluding carboxylic acids is 2.